The van der Waals surface area contributed by atoms with Crippen molar-refractivity contribution in [1.82, 2.24) is 24.8 Å². The number of hydrogen-bond donors (Lipinski definition) is 3. The van der Waals surface area contributed by atoms with Crippen molar-refractivity contribution in [2.75, 3.05) is 12.3 Å². The van der Waals surface area contributed by atoms with Crippen molar-refractivity contribution in [3.63, 3.8) is 0 Å². The zero-order valence-electron chi connectivity index (χ0n) is 16.0. The number of aromatic nitrogens is 4. The van der Waals surface area contributed by atoms with Crippen molar-refractivity contribution in [3.05, 3.63) is 5.82 Å². The molecule has 0 aliphatic heterocycles. The average Bonchev–Trinajstić information content (AvgIpc) is 2.83. The maximum Gasteiger partial charge on any atom is 0.296 e. The van der Waals surface area contributed by atoms with Crippen LogP contribution >= 0.6 is 0 Å². The van der Waals surface area contributed by atoms with E-state index in [1.54, 1.807) is 4.57 Å². The summed E-state index contributed by atoms with van der Waals surface area (Å²) in [5, 5.41) is 13.6. The molecule has 2 rings (SSSR count). The molecule has 140 valence electrons. The number of imidazole rings is 1. The lowest BCUT2D eigenvalue weighted by atomic mass is 10.1. The Balaban J connectivity index is 2.06. The Labute approximate surface area is 150 Å². The van der Waals surface area contributed by atoms with Crippen molar-refractivity contribution in [3.8, 4) is 6.01 Å². The van der Waals surface area contributed by atoms with E-state index in [-0.39, 0.29) is 11.5 Å². The molecule has 0 radical (unpaired) electrons. The van der Waals surface area contributed by atoms with Gasteiger partial charge in [-0.15, -0.1) is 0 Å². The molecular formula is C18H32N6O. The number of fused-ring (bicyclic) bond motifs is 1. The molecule has 0 aliphatic carbocycles. The molecule has 0 aliphatic rings. The number of anilines is 1. The van der Waals surface area contributed by atoms with Gasteiger partial charge >= 0.3 is 0 Å². The Morgan fingerprint density at radius 2 is 1.84 bits per heavy atom. The van der Waals surface area contributed by atoms with E-state index in [4.69, 9.17) is 5.73 Å². The molecule has 0 atom stereocenters. The highest BCUT2D eigenvalue weighted by molar-refractivity contribution is 5.82. The molecule has 2 aromatic rings. The van der Waals surface area contributed by atoms with Gasteiger partial charge in [0.1, 0.15) is 5.82 Å². The summed E-state index contributed by atoms with van der Waals surface area (Å²) in [6, 6.07) is -0.0366. The van der Waals surface area contributed by atoms with Gasteiger partial charge in [-0.3, -0.25) is 4.57 Å². The van der Waals surface area contributed by atoms with E-state index in [1.165, 1.54) is 0 Å². The molecule has 2 aromatic heterocycles. The molecule has 25 heavy (non-hydrogen) atoms. The van der Waals surface area contributed by atoms with Crippen LogP contribution in [0, 0.1) is 0 Å². The van der Waals surface area contributed by atoms with E-state index in [2.05, 4.69) is 48.0 Å². The number of nitrogens with one attached hydrogen (secondary N) is 1. The first-order chi connectivity index (χ1) is 11.8. The molecule has 7 nitrogen and oxygen atoms in total. The number of aromatic hydroxyl groups is 1. The largest absolute Gasteiger partial charge is 0.480 e. The third-order valence-corrected chi connectivity index (χ3v) is 4.12. The lowest BCUT2D eigenvalue weighted by Gasteiger charge is -2.20. The Kier molecular flexibility index (Phi) is 6.58. The number of hydrogen-bond acceptors (Lipinski definition) is 6. The monoisotopic (exact) mass is 348 g/mol. The molecule has 4 N–H and O–H groups in total. The summed E-state index contributed by atoms with van der Waals surface area (Å²) in [6.45, 7) is 10.2. The molecule has 0 amide bonds. The minimum Gasteiger partial charge on any atom is -0.480 e. The van der Waals surface area contributed by atoms with Crippen LogP contribution in [-0.2, 0) is 13.0 Å². The van der Waals surface area contributed by atoms with Crippen LogP contribution in [0.2, 0.25) is 0 Å². The Morgan fingerprint density at radius 3 is 2.52 bits per heavy atom. The first kappa shape index (κ1) is 19.4. The summed E-state index contributed by atoms with van der Waals surface area (Å²) < 4.78 is 1.74. The molecule has 2 heterocycles. The highest BCUT2D eigenvalue weighted by atomic mass is 16.3. The summed E-state index contributed by atoms with van der Waals surface area (Å²) in [4.78, 5) is 13.1. The minimum atomic E-state index is -0.0366. The van der Waals surface area contributed by atoms with Gasteiger partial charge in [0.05, 0.1) is 0 Å². The van der Waals surface area contributed by atoms with Crippen molar-refractivity contribution < 1.29 is 5.11 Å². The van der Waals surface area contributed by atoms with E-state index in [0.29, 0.717) is 23.5 Å². The van der Waals surface area contributed by atoms with E-state index < -0.39 is 0 Å². The lowest BCUT2D eigenvalue weighted by Crippen LogP contribution is -2.36. The maximum absolute atomic E-state index is 10.2. The summed E-state index contributed by atoms with van der Waals surface area (Å²) in [5.74, 6) is 1.08. The average molecular weight is 348 g/mol. The Morgan fingerprint density at radius 1 is 1.08 bits per heavy atom. The lowest BCUT2D eigenvalue weighted by molar-refractivity contribution is 0.387. The van der Waals surface area contributed by atoms with Gasteiger partial charge in [0.25, 0.3) is 6.01 Å². The van der Waals surface area contributed by atoms with Crippen molar-refractivity contribution in [2.24, 2.45) is 0 Å². The molecule has 0 unspecified atom stereocenters. The van der Waals surface area contributed by atoms with Gasteiger partial charge in [-0.2, -0.15) is 4.98 Å². The molecule has 0 bridgehead atoms. The van der Waals surface area contributed by atoms with Crippen molar-refractivity contribution in [2.45, 2.75) is 78.3 Å². The number of unbranched alkanes of at least 4 members (excludes halogenated alkanes) is 3. The van der Waals surface area contributed by atoms with Crippen LogP contribution in [0.25, 0.3) is 11.2 Å². The molecule has 0 aromatic carbocycles. The van der Waals surface area contributed by atoms with Crippen molar-refractivity contribution in [1.29, 1.82) is 0 Å². The summed E-state index contributed by atoms with van der Waals surface area (Å²) >= 11 is 0. The van der Waals surface area contributed by atoms with Crippen LogP contribution in [0.15, 0.2) is 0 Å². The van der Waals surface area contributed by atoms with Gasteiger partial charge in [0.15, 0.2) is 17.0 Å². The molecule has 0 saturated heterocycles. The van der Waals surface area contributed by atoms with Crippen LogP contribution in [0.1, 0.15) is 65.6 Å². The van der Waals surface area contributed by atoms with E-state index in [0.717, 1.165) is 50.9 Å². The fourth-order valence-electron chi connectivity index (χ4n) is 2.77. The number of nitrogens with zero attached hydrogens (tertiary/aromatic N) is 4. The fraction of sp³-hybridized carbons (Fsp3) is 0.722. The van der Waals surface area contributed by atoms with Gasteiger partial charge in [-0.1, -0.05) is 19.8 Å². The maximum atomic E-state index is 10.2. The van der Waals surface area contributed by atoms with Crippen LogP contribution in [-0.4, -0.2) is 36.7 Å². The van der Waals surface area contributed by atoms with Gasteiger partial charge in [0, 0.05) is 18.5 Å². The SMILES string of the molecule is CCCCCc1nc(N)c2nc(O)n(CCCCNC(C)(C)C)c2n1. The number of rotatable bonds is 9. The van der Waals surface area contributed by atoms with Gasteiger partial charge in [-0.05, 0) is 46.6 Å². The molecule has 7 heteroatoms. The predicted octanol–water partition coefficient (Wildman–Crippen LogP) is 3.02. The highest BCUT2D eigenvalue weighted by Gasteiger charge is 2.16. The molecule has 0 fully saturated rings. The van der Waals surface area contributed by atoms with E-state index >= 15 is 0 Å². The first-order valence-corrected chi connectivity index (χ1v) is 9.28. The Hall–Kier alpha value is -1.89. The number of aryl methyl sites for hydroxylation is 2. The number of nitrogen functional groups attached to an aromatic ring is 1. The summed E-state index contributed by atoms with van der Waals surface area (Å²) in [5.41, 5.74) is 7.27. The highest BCUT2D eigenvalue weighted by Crippen LogP contribution is 2.23. The minimum absolute atomic E-state index is 0.0366. The van der Waals surface area contributed by atoms with Gasteiger partial charge < -0.3 is 16.2 Å². The van der Waals surface area contributed by atoms with Gasteiger partial charge in [-0.25, -0.2) is 9.97 Å². The van der Waals surface area contributed by atoms with Crippen LogP contribution in [0.3, 0.4) is 0 Å². The fourth-order valence-corrected chi connectivity index (χ4v) is 2.77. The second-order valence-corrected chi connectivity index (χ2v) is 7.60. The standard InChI is InChI=1S/C18H32N6O/c1-5-6-7-10-13-21-15(19)14-16(22-13)24(17(25)23-14)12-9-8-11-20-18(2,3)4/h20H,5-12H2,1-4H3,(H,23,25)(H2,19,21,22). The van der Waals surface area contributed by atoms with Crippen LogP contribution in [0.5, 0.6) is 6.01 Å². The molecular weight excluding hydrogens is 316 g/mol. The topological polar surface area (TPSA) is 102 Å². The summed E-state index contributed by atoms with van der Waals surface area (Å²) in [6.07, 6.45) is 6.08. The summed E-state index contributed by atoms with van der Waals surface area (Å²) in [7, 11) is 0. The Bertz CT molecular complexity index is 689. The third kappa shape index (κ3) is 5.56. The van der Waals surface area contributed by atoms with E-state index in [1.807, 2.05) is 0 Å². The zero-order chi connectivity index (χ0) is 18.4. The molecule has 0 saturated carbocycles. The van der Waals surface area contributed by atoms with E-state index in [9.17, 15) is 5.11 Å². The van der Waals surface area contributed by atoms with Gasteiger partial charge in [0.2, 0.25) is 0 Å². The van der Waals surface area contributed by atoms with Crippen LogP contribution < -0.4 is 11.1 Å². The first-order valence-electron chi connectivity index (χ1n) is 9.28. The molecule has 0 spiro atoms. The predicted molar refractivity (Wildman–Crippen MR) is 102 cm³/mol. The normalized spacial score (nSPS) is 12.2. The van der Waals surface area contributed by atoms with Crippen molar-refractivity contribution >= 4 is 17.0 Å². The van der Waals surface area contributed by atoms with Crippen LogP contribution in [0.4, 0.5) is 5.82 Å². The zero-order valence-corrected chi connectivity index (χ0v) is 16.0. The quantitative estimate of drug-likeness (QED) is 0.602. The second kappa shape index (κ2) is 8.47. The second-order valence-electron chi connectivity index (χ2n) is 7.60. The smallest absolute Gasteiger partial charge is 0.296 e. The third-order valence-electron chi connectivity index (χ3n) is 4.12. The number of nitrogens with two attached hydrogens (primary N) is 1.